The minimum absolute atomic E-state index is 0.0325. The average Bonchev–Trinajstić information content (AvgIpc) is 3.39. The molecule has 38 heavy (non-hydrogen) atoms. The molecule has 10 nitrogen and oxygen atoms in total. The van der Waals surface area contributed by atoms with Crippen molar-refractivity contribution in [3.05, 3.63) is 50.1 Å². The molecule has 14 heteroatoms. The molecule has 2 aromatic heterocycles. The van der Waals surface area contributed by atoms with Crippen LogP contribution in [-0.2, 0) is 21.3 Å². The summed E-state index contributed by atoms with van der Waals surface area (Å²) in [5.74, 6) is -0.716. The quantitative estimate of drug-likeness (QED) is 0.217. The van der Waals surface area contributed by atoms with Gasteiger partial charge in [-0.25, -0.2) is 9.59 Å². The lowest BCUT2D eigenvalue weighted by Gasteiger charge is -2.15. The van der Waals surface area contributed by atoms with Gasteiger partial charge in [-0.05, 0) is 45.4 Å². The topological polar surface area (TPSA) is 122 Å². The first-order valence-corrected chi connectivity index (χ1v) is 14.0. The SMILES string of the molecule is CCOC(=O)c1sc(NC(=O)CSc2nnc(C(C)Oc3cc(Cl)ccc3Cl)n2C)c(C(=O)OCC)c1C. The van der Waals surface area contributed by atoms with Gasteiger partial charge in [0.25, 0.3) is 0 Å². The van der Waals surface area contributed by atoms with E-state index in [9.17, 15) is 14.4 Å². The summed E-state index contributed by atoms with van der Waals surface area (Å²) < 4.78 is 17.8. The lowest BCUT2D eigenvalue weighted by atomic mass is 10.1. The van der Waals surface area contributed by atoms with E-state index in [0.717, 1.165) is 23.1 Å². The molecule has 3 rings (SSSR count). The minimum Gasteiger partial charge on any atom is -0.481 e. The molecule has 3 aromatic rings. The van der Waals surface area contributed by atoms with Gasteiger partial charge in [-0.15, -0.1) is 21.5 Å². The maximum Gasteiger partial charge on any atom is 0.348 e. The van der Waals surface area contributed by atoms with Crippen molar-refractivity contribution in [2.24, 2.45) is 7.05 Å². The fourth-order valence-corrected chi connectivity index (χ4v) is 5.50. The zero-order chi connectivity index (χ0) is 28.0. The molecule has 0 radical (unpaired) electrons. The Kier molecular flexibility index (Phi) is 10.4. The molecule has 0 bridgehead atoms. The van der Waals surface area contributed by atoms with Gasteiger partial charge in [-0.3, -0.25) is 4.79 Å². The molecule has 0 aliphatic heterocycles. The largest absolute Gasteiger partial charge is 0.481 e. The van der Waals surface area contributed by atoms with Crippen molar-refractivity contribution in [3.63, 3.8) is 0 Å². The third-order valence-electron chi connectivity index (χ3n) is 5.10. The third-order valence-corrected chi connectivity index (χ3v) is 7.86. The van der Waals surface area contributed by atoms with Crippen LogP contribution in [0.4, 0.5) is 5.00 Å². The van der Waals surface area contributed by atoms with Crippen LogP contribution in [0.1, 0.15) is 58.3 Å². The lowest BCUT2D eigenvalue weighted by molar-refractivity contribution is -0.113. The zero-order valence-corrected chi connectivity index (χ0v) is 24.4. The monoisotopic (exact) mass is 600 g/mol. The van der Waals surface area contributed by atoms with Crippen molar-refractivity contribution in [2.75, 3.05) is 24.3 Å². The first kappa shape index (κ1) is 29.8. The van der Waals surface area contributed by atoms with Gasteiger partial charge in [0, 0.05) is 18.1 Å². The van der Waals surface area contributed by atoms with E-state index in [-0.39, 0.29) is 34.4 Å². The molecular weight excluding hydrogens is 575 g/mol. The predicted octanol–water partition coefficient (Wildman–Crippen LogP) is 5.72. The smallest absolute Gasteiger partial charge is 0.348 e. The maximum absolute atomic E-state index is 12.8. The number of hydrogen-bond donors (Lipinski definition) is 1. The van der Waals surface area contributed by atoms with Gasteiger partial charge in [0.05, 0.1) is 29.6 Å². The number of nitrogens with one attached hydrogen (secondary N) is 1. The van der Waals surface area contributed by atoms with Crippen molar-refractivity contribution < 1.29 is 28.6 Å². The van der Waals surface area contributed by atoms with E-state index >= 15 is 0 Å². The Bertz CT molecular complexity index is 1340. The van der Waals surface area contributed by atoms with E-state index in [0.29, 0.717) is 32.3 Å². The number of amides is 1. The summed E-state index contributed by atoms with van der Waals surface area (Å²) in [6, 6.07) is 4.91. The number of carbonyl (C=O) groups excluding carboxylic acids is 3. The molecule has 1 N–H and O–H groups in total. The number of halogens is 2. The minimum atomic E-state index is -0.633. The van der Waals surface area contributed by atoms with Crippen LogP contribution in [0.25, 0.3) is 0 Å². The second-order valence-corrected chi connectivity index (χ2v) is 10.6. The van der Waals surface area contributed by atoms with Gasteiger partial charge in [0.2, 0.25) is 5.91 Å². The number of ether oxygens (including phenoxy) is 3. The maximum atomic E-state index is 12.8. The Morgan fingerprint density at radius 2 is 1.82 bits per heavy atom. The molecule has 0 saturated carbocycles. The van der Waals surface area contributed by atoms with Crippen molar-refractivity contribution in [1.82, 2.24) is 14.8 Å². The Hall–Kier alpha value is -2.80. The van der Waals surface area contributed by atoms with Gasteiger partial charge in [-0.1, -0.05) is 35.0 Å². The van der Waals surface area contributed by atoms with Crippen molar-refractivity contribution >= 4 is 69.1 Å². The van der Waals surface area contributed by atoms with E-state index in [1.165, 1.54) is 0 Å². The summed E-state index contributed by atoms with van der Waals surface area (Å²) in [6.45, 7) is 7.08. The second kappa shape index (κ2) is 13.3. The molecule has 0 aliphatic rings. The molecule has 0 spiro atoms. The van der Waals surface area contributed by atoms with Crippen LogP contribution in [0.5, 0.6) is 5.75 Å². The number of benzene rings is 1. The van der Waals surface area contributed by atoms with Crippen LogP contribution in [0.3, 0.4) is 0 Å². The molecule has 0 aliphatic carbocycles. The van der Waals surface area contributed by atoms with E-state index < -0.39 is 23.9 Å². The molecule has 204 valence electrons. The molecular formula is C24H26Cl2N4O6S2. The number of thiophene rings is 1. The molecule has 0 saturated heterocycles. The normalized spacial score (nSPS) is 11.7. The van der Waals surface area contributed by atoms with Gasteiger partial charge in [0.1, 0.15) is 15.6 Å². The van der Waals surface area contributed by atoms with E-state index in [2.05, 4.69) is 15.5 Å². The van der Waals surface area contributed by atoms with E-state index in [4.69, 9.17) is 37.4 Å². The summed E-state index contributed by atoms with van der Waals surface area (Å²) in [5.41, 5.74) is 0.520. The Morgan fingerprint density at radius 3 is 2.50 bits per heavy atom. The summed E-state index contributed by atoms with van der Waals surface area (Å²) in [6.07, 6.45) is -0.505. The van der Waals surface area contributed by atoms with Crippen molar-refractivity contribution in [3.8, 4) is 5.75 Å². The van der Waals surface area contributed by atoms with Crippen LogP contribution in [-0.4, -0.2) is 51.6 Å². The summed E-state index contributed by atoms with van der Waals surface area (Å²) in [4.78, 5) is 37.9. The molecule has 1 atom stereocenters. The zero-order valence-electron chi connectivity index (χ0n) is 21.3. The number of hydrogen-bond acceptors (Lipinski definition) is 10. The molecule has 0 fully saturated rings. The van der Waals surface area contributed by atoms with Crippen LogP contribution in [0, 0.1) is 6.92 Å². The fraction of sp³-hybridized carbons (Fsp3) is 0.375. The van der Waals surface area contributed by atoms with Gasteiger partial charge in [-0.2, -0.15) is 0 Å². The molecule has 1 unspecified atom stereocenters. The highest BCUT2D eigenvalue weighted by Gasteiger charge is 2.27. The Balaban J connectivity index is 1.70. The predicted molar refractivity (Wildman–Crippen MR) is 147 cm³/mol. The second-order valence-electron chi connectivity index (χ2n) is 7.77. The highest BCUT2D eigenvalue weighted by Crippen LogP contribution is 2.35. The van der Waals surface area contributed by atoms with Gasteiger partial charge >= 0.3 is 11.9 Å². The standard InChI is InChI=1S/C24H26Cl2N4O6S2/c1-6-34-22(32)18-12(3)19(23(33)35-7-2)38-21(18)27-17(31)11-37-24-29-28-20(30(24)5)13(4)36-16-10-14(25)8-9-15(16)26/h8-10,13H,6-7,11H2,1-5H3,(H,27,31). The number of anilines is 1. The lowest BCUT2D eigenvalue weighted by Crippen LogP contribution is -2.17. The molecule has 1 amide bonds. The Labute approximate surface area is 237 Å². The van der Waals surface area contributed by atoms with Crippen LogP contribution >= 0.6 is 46.3 Å². The third kappa shape index (κ3) is 6.99. The number of carbonyl (C=O) groups is 3. The highest BCUT2D eigenvalue weighted by atomic mass is 35.5. The summed E-state index contributed by atoms with van der Waals surface area (Å²) in [5, 5.41) is 12.6. The average molecular weight is 602 g/mol. The summed E-state index contributed by atoms with van der Waals surface area (Å²) >= 11 is 14.3. The van der Waals surface area contributed by atoms with Crippen LogP contribution in [0.2, 0.25) is 10.0 Å². The molecule has 1 aromatic carbocycles. The van der Waals surface area contributed by atoms with Crippen LogP contribution in [0.15, 0.2) is 23.4 Å². The first-order valence-electron chi connectivity index (χ1n) is 11.5. The number of aromatic nitrogens is 3. The van der Waals surface area contributed by atoms with Crippen LogP contribution < -0.4 is 10.1 Å². The van der Waals surface area contributed by atoms with Gasteiger partial charge < -0.3 is 24.1 Å². The highest BCUT2D eigenvalue weighted by molar-refractivity contribution is 7.99. The number of nitrogens with zero attached hydrogens (tertiary/aromatic N) is 3. The number of thioether (sulfide) groups is 1. The number of rotatable bonds is 11. The Morgan fingerprint density at radius 1 is 1.13 bits per heavy atom. The molecule has 2 heterocycles. The van der Waals surface area contributed by atoms with Crippen molar-refractivity contribution in [2.45, 2.75) is 39.0 Å². The van der Waals surface area contributed by atoms with E-state index in [1.54, 1.807) is 57.5 Å². The van der Waals surface area contributed by atoms with Gasteiger partial charge in [0.15, 0.2) is 17.1 Å². The summed E-state index contributed by atoms with van der Waals surface area (Å²) in [7, 11) is 1.75. The van der Waals surface area contributed by atoms with Crippen molar-refractivity contribution in [1.29, 1.82) is 0 Å². The number of esters is 2. The first-order chi connectivity index (χ1) is 18.1. The fourth-order valence-electron chi connectivity index (χ4n) is 3.35. The van der Waals surface area contributed by atoms with E-state index in [1.807, 2.05) is 0 Å².